The van der Waals surface area contributed by atoms with E-state index in [4.69, 9.17) is 15.3 Å². The van der Waals surface area contributed by atoms with Gasteiger partial charge in [-0.25, -0.2) is 5.48 Å². The maximum atomic E-state index is 11.8. The topological polar surface area (TPSA) is 73.6 Å². The lowest BCUT2D eigenvalue weighted by Gasteiger charge is -2.10. The molecule has 0 atom stereocenters. The standard InChI is InChI=1S/C12H18N2O3/c1-8(2)7-17-14-12(15)10-5-4-9(13)6-11(10)16-3/h4-6,8H,7,13H2,1-3H3,(H,14,15). The van der Waals surface area contributed by atoms with Crippen LogP contribution in [-0.2, 0) is 4.84 Å². The molecule has 5 nitrogen and oxygen atoms in total. The van der Waals surface area contributed by atoms with Gasteiger partial charge in [-0.3, -0.25) is 9.63 Å². The number of benzene rings is 1. The number of carbonyl (C=O) groups is 1. The third-order valence-corrected chi connectivity index (χ3v) is 2.05. The molecule has 5 heteroatoms. The van der Waals surface area contributed by atoms with E-state index in [1.54, 1.807) is 18.2 Å². The Labute approximate surface area is 101 Å². The summed E-state index contributed by atoms with van der Waals surface area (Å²) in [6, 6.07) is 4.83. The molecule has 1 aromatic rings. The van der Waals surface area contributed by atoms with Crippen LogP contribution in [0.15, 0.2) is 18.2 Å². The Bertz CT molecular complexity index is 391. The van der Waals surface area contributed by atoms with Gasteiger partial charge in [0.1, 0.15) is 5.75 Å². The summed E-state index contributed by atoms with van der Waals surface area (Å²) in [6.45, 7) is 4.45. The number of nitrogens with one attached hydrogen (secondary N) is 1. The first kappa shape index (κ1) is 13.3. The third-order valence-electron chi connectivity index (χ3n) is 2.05. The highest BCUT2D eigenvalue weighted by molar-refractivity contribution is 5.96. The summed E-state index contributed by atoms with van der Waals surface area (Å²) < 4.78 is 5.08. The van der Waals surface area contributed by atoms with Gasteiger partial charge in [0.25, 0.3) is 5.91 Å². The van der Waals surface area contributed by atoms with Crippen molar-refractivity contribution in [2.45, 2.75) is 13.8 Å². The Kier molecular flexibility index (Phi) is 4.78. The van der Waals surface area contributed by atoms with E-state index in [2.05, 4.69) is 5.48 Å². The second-order valence-corrected chi connectivity index (χ2v) is 4.10. The van der Waals surface area contributed by atoms with E-state index in [9.17, 15) is 4.79 Å². The molecule has 0 aromatic heterocycles. The molecular weight excluding hydrogens is 220 g/mol. The van der Waals surface area contributed by atoms with Crippen LogP contribution in [0.1, 0.15) is 24.2 Å². The molecule has 0 aliphatic carbocycles. The van der Waals surface area contributed by atoms with Crippen molar-refractivity contribution in [1.82, 2.24) is 5.48 Å². The smallest absolute Gasteiger partial charge is 0.278 e. The first-order chi connectivity index (χ1) is 8.04. The number of anilines is 1. The highest BCUT2D eigenvalue weighted by Gasteiger charge is 2.12. The van der Waals surface area contributed by atoms with Crippen molar-refractivity contribution in [1.29, 1.82) is 0 Å². The van der Waals surface area contributed by atoms with Crippen LogP contribution in [0.3, 0.4) is 0 Å². The zero-order valence-corrected chi connectivity index (χ0v) is 10.3. The van der Waals surface area contributed by atoms with Crippen LogP contribution in [0.5, 0.6) is 5.75 Å². The molecular formula is C12H18N2O3. The number of hydroxylamine groups is 1. The number of hydrogen-bond acceptors (Lipinski definition) is 4. The van der Waals surface area contributed by atoms with Gasteiger partial charge in [-0.15, -0.1) is 0 Å². The van der Waals surface area contributed by atoms with Crippen LogP contribution in [0.25, 0.3) is 0 Å². The second kappa shape index (κ2) is 6.10. The van der Waals surface area contributed by atoms with Crippen molar-refractivity contribution in [2.75, 3.05) is 19.5 Å². The minimum Gasteiger partial charge on any atom is -0.496 e. The molecule has 1 rings (SSSR count). The maximum Gasteiger partial charge on any atom is 0.278 e. The first-order valence-electron chi connectivity index (χ1n) is 5.40. The SMILES string of the molecule is COc1cc(N)ccc1C(=O)NOCC(C)C. The normalized spacial score (nSPS) is 10.4. The molecule has 0 unspecified atom stereocenters. The van der Waals surface area contributed by atoms with Gasteiger partial charge >= 0.3 is 0 Å². The predicted octanol–water partition coefficient (Wildman–Crippen LogP) is 1.59. The summed E-state index contributed by atoms with van der Waals surface area (Å²) in [5.41, 5.74) is 8.90. The van der Waals surface area contributed by atoms with Gasteiger partial charge in [0.2, 0.25) is 0 Å². The van der Waals surface area contributed by atoms with Gasteiger partial charge in [0.15, 0.2) is 0 Å². The molecule has 1 aromatic carbocycles. The molecule has 0 saturated carbocycles. The molecule has 0 spiro atoms. The fourth-order valence-electron chi connectivity index (χ4n) is 1.22. The molecule has 0 aliphatic heterocycles. The summed E-state index contributed by atoms with van der Waals surface area (Å²) in [6.07, 6.45) is 0. The van der Waals surface area contributed by atoms with Crippen molar-refractivity contribution >= 4 is 11.6 Å². The molecule has 17 heavy (non-hydrogen) atoms. The molecule has 94 valence electrons. The minimum atomic E-state index is -0.345. The maximum absolute atomic E-state index is 11.8. The lowest BCUT2D eigenvalue weighted by molar-refractivity contribution is 0.0207. The molecule has 0 fully saturated rings. The zero-order chi connectivity index (χ0) is 12.8. The Morgan fingerprint density at radius 2 is 2.18 bits per heavy atom. The molecule has 0 aliphatic rings. The van der Waals surface area contributed by atoms with Gasteiger partial charge in [0.05, 0.1) is 19.3 Å². The van der Waals surface area contributed by atoms with Crippen LogP contribution < -0.4 is 16.0 Å². The minimum absolute atomic E-state index is 0.345. The third kappa shape index (κ3) is 3.96. The fraction of sp³-hybridized carbons (Fsp3) is 0.417. The summed E-state index contributed by atoms with van der Waals surface area (Å²) in [7, 11) is 1.49. The summed E-state index contributed by atoms with van der Waals surface area (Å²) in [5.74, 6) is 0.432. The van der Waals surface area contributed by atoms with Gasteiger partial charge in [-0.1, -0.05) is 13.8 Å². The van der Waals surface area contributed by atoms with E-state index >= 15 is 0 Å². The quantitative estimate of drug-likeness (QED) is 0.603. The van der Waals surface area contributed by atoms with Gasteiger partial charge in [-0.2, -0.15) is 0 Å². The zero-order valence-electron chi connectivity index (χ0n) is 10.3. The molecule has 3 N–H and O–H groups in total. The number of nitrogens with two attached hydrogens (primary N) is 1. The number of ether oxygens (including phenoxy) is 1. The van der Waals surface area contributed by atoms with Gasteiger partial charge in [0, 0.05) is 11.8 Å². The molecule has 1 amide bonds. The average molecular weight is 238 g/mol. The highest BCUT2D eigenvalue weighted by atomic mass is 16.7. The summed E-state index contributed by atoms with van der Waals surface area (Å²) in [4.78, 5) is 16.8. The van der Waals surface area contributed by atoms with Crippen molar-refractivity contribution < 1.29 is 14.4 Å². The van der Waals surface area contributed by atoms with E-state index in [-0.39, 0.29) is 5.91 Å². The first-order valence-corrected chi connectivity index (χ1v) is 5.40. The predicted molar refractivity (Wildman–Crippen MR) is 65.7 cm³/mol. The van der Waals surface area contributed by atoms with E-state index in [0.29, 0.717) is 29.5 Å². The van der Waals surface area contributed by atoms with E-state index < -0.39 is 0 Å². The molecule has 0 saturated heterocycles. The number of amides is 1. The van der Waals surface area contributed by atoms with Crippen LogP contribution in [0.4, 0.5) is 5.69 Å². The average Bonchev–Trinajstić information content (AvgIpc) is 2.28. The van der Waals surface area contributed by atoms with Crippen molar-refractivity contribution in [2.24, 2.45) is 5.92 Å². The summed E-state index contributed by atoms with van der Waals surface area (Å²) in [5, 5.41) is 0. The highest BCUT2D eigenvalue weighted by Crippen LogP contribution is 2.21. The van der Waals surface area contributed by atoms with Crippen LogP contribution in [-0.4, -0.2) is 19.6 Å². The Morgan fingerprint density at radius 3 is 2.76 bits per heavy atom. The number of rotatable bonds is 5. The number of methoxy groups -OCH3 is 1. The van der Waals surface area contributed by atoms with Crippen LogP contribution >= 0.6 is 0 Å². The lowest BCUT2D eigenvalue weighted by atomic mass is 10.1. The van der Waals surface area contributed by atoms with Crippen molar-refractivity contribution in [3.8, 4) is 5.75 Å². The Hall–Kier alpha value is -1.75. The van der Waals surface area contributed by atoms with Gasteiger partial charge in [-0.05, 0) is 18.1 Å². The van der Waals surface area contributed by atoms with E-state index in [0.717, 1.165) is 0 Å². The molecule has 0 radical (unpaired) electrons. The number of carbonyl (C=O) groups excluding carboxylic acids is 1. The number of nitrogen functional groups attached to an aromatic ring is 1. The Balaban J connectivity index is 2.68. The van der Waals surface area contributed by atoms with E-state index in [1.165, 1.54) is 7.11 Å². The van der Waals surface area contributed by atoms with Crippen molar-refractivity contribution in [3.63, 3.8) is 0 Å². The Morgan fingerprint density at radius 1 is 1.47 bits per heavy atom. The lowest BCUT2D eigenvalue weighted by Crippen LogP contribution is -2.26. The molecule has 0 heterocycles. The van der Waals surface area contributed by atoms with Gasteiger partial charge < -0.3 is 10.5 Å². The monoisotopic (exact) mass is 238 g/mol. The van der Waals surface area contributed by atoms with Crippen molar-refractivity contribution in [3.05, 3.63) is 23.8 Å². The fourth-order valence-corrected chi connectivity index (χ4v) is 1.22. The molecule has 0 bridgehead atoms. The largest absolute Gasteiger partial charge is 0.496 e. The van der Waals surface area contributed by atoms with E-state index in [1.807, 2.05) is 13.8 Å². The second-order valence-electron chi connectivity index (χ2n) is 4.10. The van der Waals surface area contributed by atoms with Crippen LogP contribution in [0, 0.1) is 5.92 Å². The summed E-state index contributed by atoms with van der Waals surface area (Å²) >= 11 is 0. The number of hydrogen-bond donors (Lipinski definition) is 2. The van der Waals surface area contributed by atoms with Crippen LogP contribution in [0.2, 0.25) is 0 Å².